The average molecular weight is 271 g/mol. The molecule has 0 radical (unpaired) electrons. The van der Waals surface area contributed by atoms with Crippen molar-refractivity contribution in [3.05, 3.63) is 59.5 Å². The van der Waals surface area contributed by atoms with E-state index < -0.39 is 0 Å². The van der Waals surface area contributed by atoms with Gasteiger partial charge in [0.2, 0.25) is 0 Å². The number of nitrogens with one attached hydrogen (secondary N) is 1. The lowest BCUT2D eigenvalue weighted by molar-refractivity contribution is 0.0912. The molecule has 0 aliphatic rings. The smallest absolute Gasteiger partial charge is 0.287 e. The van der Waals surface area contributed by atoms with E-state index in [1.54, 1.807) is 12.1 Å². The SMILES string of the molecule is CC(C)Cc1ccc(C(C)NC(=O)c2ccco2)cc1. The molecule has 0 saturated carbocycles. The molecular formula is C17H21NO2. The van der Waals surface area contributed by atoms with E-state index in [9.17, 15) is 4.79 Å². The normalized spacial score (nSPS) is 12.4. The van der Waals surface area contributed by atoms with E-state index in [0.717, 1.165) is 12.0 Å². The molecule has 0 spiro atoms. The third-order valence-corrected chi connectivity index (χ3v) is 3.22. The minimum atomic E-state index is -0.186. The zero-order chi connectivity index (χ0) is 14.5. The number of furan rings is 1. The molecule has 106 valence electrons. The van der Waals surface area contributed by atoms with Gasteiger partial charge in [-0.15, -0.1) is 0 Å². The molecule has 2 rings (SSSR count). The molecule has 0 saturated heterocycles. The Morgan fingerprint density at radius 1 is 1.15 bits per heavy atom. The van der Waals surface area contributed by atoms with Crippen molar-refractivity contribution in [1.29, 1.82) is 0 Å². The van der Waals surface area contributed by atoms with Crippen molar-refractivity contribution in [2.24, 2.45) is 5.92 Å². The molecule has 1 atom stereocenters. The first-order chi connectivity index (χ1) is 9.56. The van der Waals surface area contributed by atoms with Crippen molar-refractivity contribution >= 4 is 5.91 Å². The van der Waals surface area contributed by atoms with Gasteiger partial charge in [-0.25, -0.2) is 0 Å². The quantitative estimate of drug-likeness (QED) is 0.894. The fraction of sp³-hybridized carbons (Fsp3) is 0.353. The van der Waals surface area contributed by atoms with Gasteiger partial charge >= 0.3 is 0 Å². The third kappa shape index (κ3) is 3.73. The fourth-order valence-electron chi connectivity index (χ4n) is 2.17. The Hall–Kier alpha value is -2.03. The lowest BCUT2D eigenvalue weighted by atomic mass is 10.00. The maximum absolute atomic E-state index is 11.9. The van der Waals surface area contributed by atoms with Crippen molar-refractivity contribution in [3.63, 3.8) is 0 Å². The minimum absolute atomic E-state index is 0.0410. The minimum Gasteiger partial charge on any atom is -0.459 e. The van der Waals surface area contributed by atoms with Crippen molar-refractivity contribution in [1.82, 2.24) is 5.32 Å². The summed E-state index contributed by atoms with van der Waals surface area (Å²) in [6.07, 6.45) is 2.58. The van der Waals surface area contributed by atoms with E-state index in [1.807, 2.05) is 6.92 Å². The number of hydrogen-bond donors (Lipinski definition) is 1. The zero-order valence-corrected chi connectivity index (χ0v) is 12.2. The summed E-state index contributed by atoms with van der Waals surface area (Å²) in [5.41, 5.74) is 2.42. The number of rotatable bonds is 5. The van der Waals surface area contributed by atoms with Crippen LogP contribution in [0.1, 0.15) is 48.5 Å². The van der Waals surface area contributed by atoms with Gasteiger partial charge in [0, 0.05) is 0 Å². The van der Waals surface area contributed by atoms with Crippen LogP contribution in [-0.4, -0.2) is 5.91 Å². The second-order valence-corrected chi connectivity index (χ2v) is 5.51. The maximum Gasteiger partial charge on any atom is 0.287 e. The highest BCUT2D eigenvalue weighted by molar-refractivity contribution is 5.91. The van der Waals surface area contributed by atoms with Crippen LogP contribution < -0.4 is 5.32 Å². The molecule has 0 aliphatic heterocycles. The molecular weight excluding hydrogens is 250 g/mol. The Balaban J connectivity index is 1.98. The molecule has 20 heavy (non-hydrogen) atoms. The van der Waals surface area contributed by atoms with Crippen molar-refractivity contribution in [2.75, 3.05) is 0 Å². The summed E-state index contributed by atoms with van der Waals surface area (Å²) in [6, 6.07) is 11.7. The summed E-state index contributed by atoms with van der Waals surface area (Å²) < 4.78 is 5.08. The Labute approximate surface area is 120 Å². The summed E-state index contributed by atoms with van der Waals surface area (Å²) in [7, 11) is 0. The predicted molar refractivity (Wildman–Crippen MR) is 79.6 cm³/mol. The van der Waals surface area contributed by atoms with Crippen molar-refractivity contribution in [2.45, 2.75) is 33.2 Å². The van der Waals surface area contributed by atoms with Crippen molar-refractivity contribution < 1.29 is 9.21 Å². The third-order valence-electron chi connectivity index (χ3n) is 3.22. The van der Waals surface area contributed by atoms with Gasteiger partial charge in [0.05, 0.1) is 12.3 Å². The van der Waals surface area contributed by atoms with E-state index >= 15 is 0 Å². The second-order valence-electron chi connectivity index (χ2n) is 5.51. The molecule has 1 N–H and O–H groups in total. The van der Waals surface area contributed by atoms with E-state index in [2.05, 4.69) is 43.4 Å². The zero-order valence-electron chi connectivity index (χ0n) is 12.2. The topological polar surface area (TPSA) is 42.2 Å². The van der Waals surface area contributed by atoms with Gasteiger partial charge in [-0.05, 0) is 42.5 Å². The molecule has 0 bridgehead atoms. The largest absolute Gasteiger partial charge is 0.459 e. The molecule has 1 aromatic carbocycles. The molecule has 0 fully saturated rings. The van der Waals surface area contributed by atoms with Gasteiger partial charge in [0.1, 0.15) is 0 Å². The first-order valence-corrected chi connectivity index (χ1v) is 6.99. The van der Waals surface area contributed by atoms with Crippen LogP contribution in [0.5, 0.6) is 0 Å². The van der Waals surface area contributed by atoms with Crippen LogP contribution >= 0.6 is 0 Å². The van der Waals surface area contributed by atoms with E-state index in [-0.39, 0.29) is 11.9 Å². The van der Waals surface area contributed by atoms with Gasteiger partial charge in [-0.1, -0.05) is 38.1 Å². The summed E-state index contributed by atoms with van der Waals surface area (Å²) in [4.78, 5) is 11.9. The van der Waals surface area contributed by atoms with E-state index in [4.69, 9.17) is 4.42 Å². The Bertz CT molecular complexity index is 541. The Kier molecular flexibility index (Phi) is 4.61. The van der Waals surface area contributed by atoms with E-state index in [0.29, 0.717) is 11.7 Å². The second kappa shape index (κ2) is 6.42. The van der Waals surface area contributed by atoms with Gasteiger partial charge in [-0.3, -0.25) is 4.79 Å². The van der Waals surface area contributed by atoms with Crippen LogP contribution in [0.2, 0.25) is 0 Å². The van der Waals surface area contributed by atoms with Crippen LogP contribution in [-0.2, 0) is 6.42 Å². The predicted octanol–water partition coefficient (Wildman–Crippen LogP) is 3.97. The Morgan fingerprint density at radius 2 is 1.85 bits per heavy atom. The van der Waals surface area contributed by atoms with Crippen LogP contribution in [0, 0.1) is 5.92 Å². The number of amides is 1. The number of hydrogen-bond acceptors (Lipinski definition) is 2. The van der Waals surface area contributed by atoms with Crippen LogP contribution in [0.25, 0.3) is 0 Å². The maximum atomic E-state index is 11.9. The fourth-order valence-corrected chi connectivity index (χ4v) is 2.17. The lowest BCUT2D eigenvalue weighted by Crippen LogP contribution is -2.26. The first-order valence-electron chi connectivity index (χ1n) is 6.99. The number of carbonyl (C=O) groups excluding carboxylic acids is 1. The molecule has 3 nitrogen and oxygen atoms in total. The number of carbonyl (C=O) groups is 1. The summed E-state index contributed by atoms with van der Waals surface area (Å²) in [5, 5.41) is 2.93. The monoisotopic (exact) mass is 271 g/mol. The molecule has 3 heteroatoms. The highest BCUT2D eigenvalue weighted by atomic mass is 16.3. The first kappa shape index (κ1) is 14.4. The highest BCUT2D eigenvalue weighted by Gasteiger charge is 2.13. The van der Waals surface area contributed by atoms with Crippen LogP contribution in [0.15, 0.2) is 47.1 Å². The number of benzene rings is 1. The van der Waals surface area contributed by atoms with Crippen molar-refractivity contribution in [3.8, 4) is 0 Å². The molecule has 1 heterocycles. The molecule has 2 aromatic rings. The van der Waals surface area contributed by atoms with Gasteiger partial charge in [-0.2, -0.15) is 0 Å². The summed E-state index contributed by atoms with van der Waals surface area (Å²) >= 11 is 0. The Morgan fingerprint density at radius 3 is 2.40 bits per heavy atom. The van der Waals surface area contributed by atoms with Crippen LogP contribution in [0.4, 0.5) is 0 Å². The lowest BCUT2D eigenvalue weighted by Gasteiger charge is -2.14. The molecule has 1 unspecified atom stereocenters. The standard InChI is InChI=1S/C17H21NO2/c1-12(2)11-14-6-8-15(9-7-14)13(3)18-17(19)16-5-4-10-20-16/h4-10,12-13H,11H2,1-3H3,(H,18,19). The molecule has 1 amide bonds. The molecule has 1 aromatic heterocycles. The van der Waals surface area contributed by atoms with Crippen LogP contribution in [0.3, 0.4) is 0 Å². The average Bonchev–Trinajstić information content (AvgIpc) is 2.92. The summed E-state index contributed by atoms with van der Waals surface area (Å²) in [5.74, 6) is 0.805. The van der Waals surface area contributed by atoms with Gasteiger partial charge < -0.3 is 9.73 Å². The van der Waals surface area contributed by atoms with Gasteiger partial charge in [0.15, 0.2) is 5.76 Å². The van der Waals surface area contributed by atoms with Gasteiger partial charge in [0.25, 0.3) is 5.91 Å². The highest BCUT2D eigenvalue weighted by Crippen LogP contribution is 2.16. The summed E-state index contributed by atoms with van der Waals surface area (Å²) in [6.45, 7) is 6.39. The van der Waals surface area contributed by atoms with E-state index in [1.165, 1.54) is 11.8 Å². The molecule has 0 aliphatic carbocycles.